The van der Waals surface area contributed by atoms with Crippen molar-refractivity contribution >= 4 is 0 Å². The molecule has 1 atom stereocenters. The van der Waals surface area contributed by atoms with Crippen molar-refractivity contribution in [3.63, 3.8) is 0 Å². The van der Waals surface area contributed by atoms with Gasteiger partial charge in [-0.15, -0.1) is 0 Å². The van der Waals surface area contributed by atoms with E-state index in [-0.39, 0.29) is 17.5 Å². The molecule has 0 unspecified atom stereocenters. The Morgan fingerprint density at radius 3 is 2.79 bits per heavy atom. The molecule has 19 heavy (non-hydrogen) atoms. The summed E-state index contributed by atoms with van der Waals surface area (Å²) in [5, 5.41) is 0. The first-order valence-electron chi connectivity index (χ1n) is 6.89. The summed E-state index contributed by atoms with van der Waals surface area (Å²) < 4.78 is 24.8. The molecule has 4 heteroatoms. The second kappa shape index (κ2) is 4.76. The molecule has 0 bridgehead atoms. The zero-order valence-electron chi connectivity index (χ0n) is 11.2. The van der Waals surface area contributed by atoms with E-state index in [1.54, 1.807) is 13.2 Å². The van der Waals surface area contributed by atoms with Gasteiger partial charge in [-0.25, -0.2) is 4.39 Å². The van der Waals surface area contributed by atoms with Crippen LogP contribution in [0.25, 0.3) is 0 Å². The molecule has 104 valence electrons. The molecular weight excluding hydrogens is 245 g/mol. The van der Waals surface area contributed by atoms with Gasteiger partial charge in [-0.2, -0.15) is 0 Å². The third-order valence-corrected chi connectivity index (χ3v) is 4.47. The molecule has 0 saturated heterocycles. The van der Waals surface area contributed by atoms with E-state index in [0.717, 1.165) is 43.4 Å². The van der Waals surface area contributed by atoms with E-state index in [1.807, 2.05) is 0 Å². The van der Waals surface area contributed by atoms with Crippen molar-refractivity contribution in [2.24, 2.45) is 5.73 Å². The van der Waals surface area contributed by atoms with Crippen LogP contribution in [0.2, 0.25) is 0 Å². The number of hydrogen-bond donors (Lipinski definition) is 1. The second-order valence-corrected chi connectivity index (χ2v) is 5.71. The highest BCUT2D eigenvalue weighted by Crippen LogP contribution is 2.45. The maximum absolute atomic E-state index is 13.3. The molecule has 1 heterocycles. The third-order valence-electron chi connectivity index (χ3n) is 4.47. The molecule has 3 nitrogen and oxygen atoms in total. The van der Waals surface area contributed by atoms with Crippen molar-refractivity contribution in [1.82, 2.24) is 0 Å². The Kier molecular flexibility index (Phi) is 3.23. The molecule has 2 N–H and O–H groups in total. The number of ether oxygens (including phenoxy) is 2. The summed E-state index contributed by atoms with van der Waals surface area (Å²) >= 11 is 0. The zero-order valence-corrected chi connectivity index (χ0v) is 11.2. The molecule has 3 rings (SSSR count). The van der Waals surface area contributed by atoms with Gasteiger partial charge < -0.3 is 15.2 Å². The van der Waals surface area contributed by atoms with Crippen LogP contribution in [-0.2, 0) is 4.74 Å². The monoisotopic (exact) mass is 265 g/mol. The Labute approximate surface area is 112 Å². The minimum absolute atomic E-state index is 0.140. The Morgan fingerprint density at radius 1 is 1.37 bits per heavy atom. The highest BCUT2D eigenvalue weighted by molar-refractivity contribution is 5.39. The van der Waals surface area contributed by atoms with Crippen LogP contribution in [-0.4, -0.2) is 18.8 Å². The maximum atomic E-state index is 13.3. The van der Waals surface area contributed by atoms with Gasteiger partial charge in [0.1, 0.15) is 17.2 Å². The van der Waals surface area contributed by atoms with E-state index in [0.29, 0.717) is 6.10 Å². The van der Waals surface area contributed by atoms with Crippen molar-refractivity contribution < 1.29 is 13.9 Å². The van der Waals surface area contributed by atoms with Crippen LogP contribution < -0.4 is 10.5 Å². The van der Waals surface area contributed by atoms with Crippen molar-refractivity contribution in [1.29, 1.82) is 0 Å². The maximum Gasteiger partial charge on any atom is 0.125 e. The first-order chi connectivity index (χ1) is 9.12. The number of nitrogens with two attached hydrogens (primary N) is 1. The van der Waals surface area contributed by atoms with E-state index in [2.05, 4.69) is 0 Å². The Balaban J connectivity index is 1.83. The average molecular weight is 265 g/mol. The molecule has 1 aromatic carbocycles. The van der Waals surface area contributed by atoms with Gasteiger partial charge in [0.25, 0.3) is 0 Å². The summed E-state index contributed by atoms with van der Waals surface area (Å²) in [6, 6.07) is 4.49. The first kappa shape index (κ1) is 12.9. The number of hydrogen-bond acceptors (Lipinski definition) is 3. The summed E-state index contributed by atoms with van der Waals surface area (Å²) in [6.07, 6.45) is 5.01. The minimum atomic E-state index is -0.253. The van der Waals surface area contributed by atoms with E-state index >= 15 is 0 Å². The van der Waals surface area contributed by atoms with Gasteiger partial charge in [0.05, 0.1) is 6.10 Å². The van der Waals surface area contributed by atoms with Gasteiger partial charge >= 0.3 is 0 Å². The Morgan fingerprint density at radius 2 is 2.11 bits per heavy atom. The molecule has 1 aliphatic carbocycles. The van der Waals surface area contributed by atoms with Gasteiger partial charge in [-0.1, -0.05) is 0 Å². The van der Waals surface area contributed by atoms with E-state index in [1.165, 1.54) is 12.1 Å². The number of methoxy groups -OCH3 is 1. The molecule has 1 spiro atoms. The van der Waals surface area contributed by atoms with Gasteiger partial charge in [0.2, 0.25) is 0 Å². The number of fused-ring (bicyclic) bond motifs is 1. The first-order valence-corrected chi connectivity index (χ1v) is 6.89. The van der Waals surface area contributed by atoms with Crippen LogP contribution in [0.3, 0.4) is 0 Å². The van der Waals surface area contributed by atoms with Crippen LogP contribution in [0.15, 0.2) is 18.2 Å². The Bertz CT molecular complexity index is 469. The van der Waals surface area contributed by atoms with Gasteiger partial charge in [-0.05, 0) is 43.9 Å². The second-order valence-electron chi connectivity index (χ2n) is 5.71. The van der Waals surface area contributed by atoms with Crippen LogP contribution in [0.5, 0.6) is 5.75 Å². The molecule has 1 saturated carbocycles. The number of halogens is 1. The van der Waals surface area contributed by atoms with Crippen LogP contribution in [0, 0.1) is 5.82 Å². The Hall–Kier alpha value is -1.13. The lowest BCUT2D eigenvalue weighted by Gasteiger charge is -2.45. The fourth-order valence-electron chi connectivity index (χ4n) is 3.35. The molecule has 1 aromatic rings. The molecule has 2 aliphatic rings. The predicted octanol–water partition coefficient (Wildman–Crippen LogP) is 2.94. The largest absolute Gasteiger partial charge is 0.487 e. The van der Waals surface area contributed by atoms with E-state index in [9.17, 15) is 4.39 Å². The molecule has 0 radical (unpaired) electrons. The summed E-state index contributed by atoms with van der Waals surface area (Å²) in [5.74, 6) is 0.493. The predicted molar refractivity (Wildman–Crippen MR) is 70.6 cm³/mol. The highest BCUT2D eigenvalue weighted by Gasteiger charge is 2.42. The molecule has 1 fully saturated rings. The van der Waals surface area contributed by atoms with Crippen molar-refractivity contribution in [3.8, 4) is 5.75 Å². The number of benzene rings is 1. The summed E-state index contributed by atoms with van der Waals surface area (Å²) in [4.78, 5) is 0. The lowest BCUT2D eigenvalue weighted by molar-refractivity contribution is -0.0428. The van der Waals surface area contributed by atoms with Crippen molar-refractivity contribution in [2.75, 3.05) is 7.11 Å². The molecule has 1 aliphatic heterocycles. The standard InChI is InChI=1S/C15H20FNO2/c1-18-11-4-6-15(7-5-11)9-13(17)12-8-10(16)2-3-14(12)19-15/h2-3,8,11,13H,4-7,9,17H2,1H3/t11?,13-,15?/m0/s1. The van der Waals surface area contributed by atoms with Crippen molar-refractivity contribution in [3.05, 3.63) is 29.6 Å². The fraction of sp³-hybridized carbons (Fsp3) is 0.600. The van der Waals surface area contributed by atoms with Gasteiger partial charge in [0.15, 0.2) is 0 Å². The van der Waals surface area contributed by atoms with Gasteiger partial charge in [0, 0.05) is 25.1 Å². The zero-order chi connectivity index (χ0) is 13.5. The molecule has 0 aromatic heterocycles. The summed E-state index contributed by atoms with van der Waals surface area (Å²) in [5.41, 5.74) is 6.82. The van der Waals surface area contributed by atoms with Crippen LogP contribution in [0.4, 0.5) is 4.39 Å². The molecule has 0 amide bonds. The highest BCUT2D eigenvalue weighted by atomic mass is 19.1. The molecular formula is C15H20FNO2. The number of rotatable bonds is 1. The quantitative estimate of drug-likeness (QED) is 0.849. The fourth-order valence-corrected chi connectivity index (χ4v) is 3.35. The SMILES string of the molecule is COC1CCC2(CC1)C[C@H](N)c1cc(F)ccc1O2. The lowest BCUT2D eigenvalue weighted by atomic mass is 9.76. The van der Waals surface area contributed by atoms with E-state index in [4.69, 9.17) is 15.2 Å². The topological polar surface area (TPSA) is 44.5 Å². The normalized spacial score (nSPS) is 33.8. The van der Waals surface area contributed by atoms with Crippen LogP contribution >= 0.6 is 0 Å². The summed E-state index contributed by atoms with van der Waals surface area (Å²) in [7, 11) is 1.76. The minimum Gasteiger partial charge on any atom is -0.487 e. The third kappa shape index (κ3) is 2.35. The van der Waals surface area contributed by atoms with Crippen LogP contribution in [0.1, 0.15) is 43.7 Å². The lowest BCUT2D eigenvalue weighted by Crippen LogP contribution is -2.46. The summed E-state index contributed by atoms with van der Waals surface area (Å²) in [6.45, 7) is 0. The van der Waals surface area contributed by atoms with E-state index < -0.39 is 0 Å². The smallest absolute Gasteiger partial charge is 0.125 e. The average Bonchev–Trinajstić information content (AvgIpc) is 2.41. The van der Waals surface area contributed by atoms with Crippen molar-refractivity contribution in [2.45, 2.75) is 49.9 Å². The van der Waals surface area contributed by atoms with Gasteiger partial charge in [-0.3, -0.25) is 0 Å².